The van der Waals surface area contributed by atoms with Crippen LogP contribution in [-0.2, 0) is 16.4 Å². The summed E-state index contributed by atoms with van der Waals surface area (Å²) in [7, 11) is -3.43. The lowest BCUT2D eigenvalue weighted by Crippen LogP contribution is -2.30. The molecular weight excluding hydrogens is 262 g/mol. The minimum absolute atomic E-state index is 0.129. The third-order valence-corrected chi connectivity index (χ3v) is 4.39. The van der Waals surface area contributed by atoms with Crippen molar-refractivity contribution in [3.8, 4) is 0 Å². The summed E-state index contributed by atoms with van der Waals surface area (Å²) in [5.74, 6) is 0. The quantitative estimate of drug-likeness (QED) is 0.806. The van der Waals surface area contributed by atoms with Crippen molar-refractivity contribution in [1.82, 2.24) is 4.72 Å². The summed E-state index contributed by atoms with van der Waals surface area (Å²) in [6.45, 7) is 5.59. The predicted octanol–water partition coefficient (Wildman–Crippen LogP) is 2.08. The van der Waals surface area contributed by atoms with E-state index in [1.165, 1.54) is 0 Å². The molecule has 1 unspecified atom stereocenters. The van der Waals surface area contributed by atoms with Crippen molar-refractivity contribution in [2.75, 3.05) is 0 Å². The lowest BCUT2D eigenvalue weighted by molar-refractivity contribution is 0.164. The molecule has 4 nitrogen and oxygen atoms in total. The Bertz CT molecular complexity index is 480. The molecule has 0 spiro atoms. The van der Waals surface area contributed by atoms with Crippen LogP contribution in [0.1, 0.15) is 39.2 Å². The summed E-state index contributed by atoms with van der Waals surface area (Å²) in [5, 5.41) is 9.72. The molecule has 108 valence electrons. The normalized spacial score (nSPS) is 13.7. The average molecular weight is 285 g/mol. The van der Waals surface area contributed by atoms with Gasteiger partial charge in [-0.15, -0.1) is 0 Å². The van der Waals surface area contributed by atoms with E-state index in [1.54, 1.807) is 38.1 Å². The SMILES string of the molecule is CCCC(O)Cc1ccc(S(=O)(=O)NC(C)C)cc1. The second kappa shape index (κ2) is 7.03. The highest BCUT2D eigenvalue weighted by molar-refractivity contribution is 7.89. The Morgan fingerprint density at radius 2 is 1.79 bits per heavy atom. The van der Waals surface area contributed by atoms with Gasteiger partial charge in [0, 0.05) is 6.04 Å². The standard InChI is InChI=1S/C14H23NO3S/c1-4-5-13(16)10-12-6-8-14(9-7-12)19(17,18)15-11(2)3/h6-9,11,13,15-16H,4-5,10H2,1-3H3. The van der Waals surface area contributed by atoms with Crippen LogP contribution in [0.4, 0.5) is 0 Å². The van der Waals surface area contributed by atoms with Gasteiger partial charge in [0.1, 0.15) is 0 Å². The van der Waals surface area contributed by atoms with Gasteiger partial charge in [0.25, 0.3) is 0 Å². The third kappa shape index (κ3) is 5.30. The fourth-order valence-electron chi connectivity index (χ4n) is 1.89. The molecule has 5 heteroatoms. The lowest BCUT2D eigenvalue weighted by Gasteiger charge is -2.11. The van der Waals surface area contributed by atoms with Gasteiger partial charge in [-0.1, -0.05) is 25.5 Å². The first-order valence-electron chi connectivity index (χ1n) is 6.64. The molecule has 0 fully saturated rings. The molecule has 0 radical (unpaired) electrons. The largest absolute Gasteiger partial charge is 0.393 e. The predicted molar refractivity (Wildman–Crippen MR) is 76.5 cm³/mol. The van der Waals surface area contributed by atoms with E-state index in [0.29, 0.717) is 6.42 Å². The van der Waals surface area contributed by atoms with Crippen molar-refractivity contribution in [3.63, 3.8) is 0 Å². The summed E-state index contributed by atoms with van der Waals surface area (Å²) in [4.78, 5) is 0.259. The first kappa shape index (κ1) is 16.1. The molecule has 2 N–H and O–H groups in total. The number of aliphatic hydroxyl groups excluding tert-OH is 1. The molecule has 1 aromatic carbocycles. The molecule has 0 saturated heterocycles. The number of hydrogen-bond acceptors (Lipinski definition) is 3. The lowest BCUT2D eigenvalue weighted by atomic mass is 10.1. The molecule has 1 aromatic rings. The Morgan fingerprint density at radius 1 is 1.21 bits per heavy atom. The molecule has 0 aromatic heterocycles. The first-order chi connectivity index (χ1) is 8.85. The van der Waals surface area contributed by atoms with E-state index < -0.39 is 10.0 Å². The zero-order valence-corrected chi connectivity index (χ0v) is 12.6. The maximum atomic E-state index is 11.9. The monoisotopic (exact) mass is 285 g/mol. The minimum atomic E-state index is -3.43. The van der Waals surface area contributed by atoms with E-state index in [9.17, 15) is 13.5 Å². The second-order valence-corrected chi connectivity index (χ2v) is 6.78. The zero-order valence-electron chi connectivity index (χ0n) is 11.8. The van der Waals surface area contributed by atoms with Gasteiger partial charge in [0.15, 0.2) is 0 Å². The Labute approximate surface area is 115 Å². The highest BCUT2D eigenvalue weighted by Crippen LogP contribution is 2.13. The second-order valence-electron chi connectivity index (χ2n) is 5.07. The Morgan fingerprint density at radius 3 is 2.26 bits per heavy atom. The van der Waals surface area contributed by atoms with Gasteiger partial charge in [-0.2, -0.15) is 0 Å². The topological polar surface area (TPSA) is 66.4 Å². The molecule has 0 aliphatic rings. The van der Waals surface area contributed by atoms with Gasteiger partial charge in [-0.25, -0.2) is 13.1 Å². The summed E-state index contributed by atoms with van der Waals surface area (Å²) >= 11 is 0. The van der Waals surface area contributed by atoms with Gasteiger partial charge in [0.05, 0.1) is 11.0 Å². The van der Waals surface area contributed by atoms with Crippen molar-refractivity contribution in [2.24, 2.45) is 0 Å². The van der Waals surface area contributed by atoms with Crippen molar-refractivity contribution in [3.05, 3.63) is 29.8 Å². The number of hydrogen-bond donors (Lipinski definition) is 2. The van der Waals surface area contributed by atoms with Crippen LogP contribution in [0.5, 0.6) is 0 Å². The highest BCUT2D eigenvalue weighted by Gasteiger charge is 2.15. The van der Waals surface area contributed by atoms with E-state index in [4.69, 9.17) is 0 Å². The van der Waals surface area contributed by atoms with Crippen molar-refractivity contribution in [1.29, 1.82) is 0 Å². The smallest absolute Gasteiger partial charge is 0.240 e. The van der Waals surface area contributed by atoms with Crippen LogP contribution in [-0.4, -0.2) is 25.7 Å². The van der Waals surface area contributed by atoms with Crippen molar-refractivity contribution >= 4 is 10.0 Å². The van der Waals surface area contributed by atoms with Crippen LogP contribution in [0.3, 0.4) is 0 Å². The maximum absolute atomic E-state index is 11.9. The zero-order chi connectivity index (χ0) is 14.5. The number of benzene rings is 1. The van der Waals surface area contributed by atoms with Gasteiger partial charge >= 0.3 is 0 Å². The Hall–Kier alpha value is -0.910. The molecule has 0 aliphatic carbocycles. The van der Waals surface area contributed by atoms with Crippen LogP contribution >= 0.6 is 0 Å². The molecule has 0 saturated carbocycles. The van der Waals surface area contributed by atoms with E-state index in [2.05, 4.69) is 4.72 Å². The molecule has 0 heterocycles. The summed E-state index contributed by atoms with van der Waals surface area (Å²) in [5.41, 5.74) is 0.949. The van der Waals surface area contributed by atoms with Gasteiger partial charge in [-0.3, -0.25) is 0 Å². The first-order valence-corrected chi connectivity index (χ1v) is 8.12. The van der Waals surface area contributed by atoms with Crippen LogP contribution in [0.25, 0.3) is 0 Å². The maximum Gasteiger partial charge on any atom is 0.240 e. The van der Waals surface area contributed by atoms with Gasteiger partial charge < -0.3 is 5.11 Å². The molecule has 0 amide bonds. The van der Waals surface area contributed by atoms with Crippen LogP contribution in [0.15, 0.2) is 29.2 Å². The molecule has 1 rings (SSSR count). The van der Waals surface area contributed by atoms with E-state index in [0.717, 1.165) is 18.4 Å². The molecule has 1 atom stereocenters. The fraction of sp³-hybridized carbons (Fsp3) is 0.571. The molecule has 0 aliphatic heterocycles. The van der Waals surface area contributed by atoms with Gasteiger partial charge in [-0.05, 0) is 44.4 Å². The van der Waals surface area contributed by atoms with Crippen molar-refractivity contribution < 1.29 is 13.5 Å². The third-order valence-electron chi connectivity index (χ3n) is 2.72. The van der Waals surface area contributed by atoms with Crippen LogP contribution in [0.2, 0.25) is 0 Å². The molecular formula is C14H23NO3S. The Balaban J connectivity index is 2.76. The minimum Gasteiger partial charge on any atom is -0.393 e. The van der Waals surface area contributed by atoms with E-state index >= 15 is 0 Å². The van der Waals surface area contributed by atoms with Gasteiger partial charge in [0.2, 0.25) is 10.0 Å². The van der Waals surface area contributed by atoms with Crippen LogP contribution < -0.4 is 4.72 Å². The number of sulfonamides is 1. The average Bonchev–Trinajstić information content (AvgIpc) is 2.28. The Kier molecular flexibility index (Phi) is 5.97. The molecule has 19 heavy (non-hydrogen) atoms. The fourth-order valence-corrected chi connectivity index (χ4v) is 3.14. The summed E-state index contributed by atoms with van der Waals surface area (Å²) < 4.78 is 26.4. The highest BCUT2D eigenvalue weighted by atomic mass is 32.2. The summed E-state index contributed by atoms with van der Waals surface area (Å²) in [6, 6.07) is 6.55. The number of nitrogens with one attached hydrogen (secondary N) is 1. The van der Waals surface area contributed by atoms with Crippen LogP contribution in [0, 0.1) is 0 Å². The van der Waals surface area contributed by atoms with E-state index in [1.807, 2.05) is 6.92 Å². The van der Waals surface area contributed by atoms with E-state index in [-0.39, 0.29) is 17.0 Å². The van der Waals surface area contributed by atoms with Crippen molar-refractivity contribution in [2.45, 2.75) is 57.1 Å². The number of rotatable bonds is 7. The molecule has 0 bridgehead atoms. The summed E-state index contributed by atoms with van der Waals surface area (Å²) in [6.07, 6.45) is 1.90. The number of aliphatic hydroxyl groups is 1.